The normalized spacial score (nSPS) is 14.2. The molecule has 33 heavy (non-hydrogen) atoms. The molecule has 4 aromatic carbocycles. The van der Waals surface area contributed by atoms with Gasteiger partial charge in [-0.05, 0) is 48.8 Å². The van der Waals surface area contributed by atoms with Crippen molar-refractivity contribution < 1.29 is 4.74 Å². The van der Waals surface area contributed by atoms with Gasteiger partial charge in [-0.3, -0.25) is 0 Å². The second-order valence-electron chi connectivity index (χ2n) is 7.84. The Morgan fingerprint density at radius 3 is 2.06 bits per heavy atom. The zero-order valence-corrected chi connectivity index (χ0v) is 20.3. The van der Waals surface area contributed by atoms with Gasteiger partial charge >= 0.3 is 0 Å². The van der Waals surface area contributed by atoms with E-state index in [2.05, 4.69) is 127 Å². The zero-order chi connectivity index (χ0) is 22.3. The van der Waals surface area contributed by atoms with E-state index >= 15 is 0 Å². The molecule has 0 N–H and O–H groups in total. The van der Waals surface area contributed by atoms with Crippen LogP contribution in [-0.4, -0.2) is 0 Å². The minimum atomic E-state index is -0.692. The van der Waals surface area contributed by atoms with Crippen molar-refractivity contribution >= 4 is 37.7 Å². The van der Waals surface area contributed by atoms with Crippen molar-refractivity contribution in [2.45, 2.75) is 12.8 Å². The van der Waals surface area contributed by atoms with E-state index in [9.17, 15) is 0 Å². The number of ether oxygens (including phenoxy) is 1. The Morgan fingerprint density at radius 1 is 0.636 bits per heavy atom. The Morgan fingerprint density at radius 2 is 1.30 bits per heavy atom. The van der Waals surface area contributed by atoms with E-state index in [1.807, 2.05) is 0 Å². The molecule has 0 amide bonds. The lowest BCUT2D eigenvalue weighted by atomic mass is 10.2. The molecule has 0 saturated heterocycles. The fraction of sp³-hybridized carbons (Fsp3) is 0.0667. The van der Waals surface area contributed by atoms with Crippen molar-refractivity contribution in [3.8, 4) is 11.5 Å². The molecule has 4 aromatic rings. The highest BCUT2D eigenvalue weighted by molar-refractivity contribution is 7.77. The number of rotatable bonds is 7. The summed E-state index contributed by atoms with van der Waals surface area (Å²) in [5, 5.41) is 6.54. The number of para-hydroxylation sites is 2. The van der Waals surface area contributed by atoms with E-state index in [4.69, 9.17) is 4.74 Å². The predicted octanol–water partition coefficient (Wildman–Crippen LogP) is 6.77. The molecule has 162 valence electrons. The van der Waals surface area contributed by atoms with Crippen molar-refractivity contribution in [2.75, 3.05) is 0 Å². The molecular formula is C30H26OP2. The molecule has 0 saturated carbocycles. The number of hydrogen-bond acceptors (Lipinski definition) is 1. The standard InChI is InChI=1S/C30H26OP2/c1-4-14-24(15-5-1)32-29-22-12-10-20-27(29)31-28-21-11-13-23-30(28)33(25-16-6-2-7-17-25)26-18-8-3-9-19-26/h1-2,4-8,10-23,32H,3,9H2. The van der Waals surface area contributed by atoms with E-state index in [1.54, 1.807) is 0 Å². The van der Waals surface area contributed by atoms with Crippen LogP contribution in [0.15, 0.2) is 133 Å². The van der Waals surface area contributed by atoms with E-state index in [1.165, 1.54) is 26.5 Å². The fourth-order valence-corrected chi connectivity index (χ4v) is 7.53. The van der Waals surface area contributed by atoms with Gasteiger partial charge in [-0.15, -0.1) is 0 Å². The first-order chi connectivity index (χ1) is 16.4. The summed E-state index contributed by atoms with van der Waals surface area (Å²) in [4.78, 5) is 0. The minimum Gasteiger partial charge on any atom is -0.456 e. The lowest BCUT2D eigenvalue weighted by Gasteiger charge is -2.24. The van der Waals surface area contributed by atoms with E-state index in [0.717, 1.165) is 24.3 Å². The van der Waals surface area contributed by atoms with Crippen molar-refractivity contribution in [1.82, 2.24) is 0 Å². The van der Waals surface area contributed by atoms with Crippen molar-refractivity contribution in [2.24, 2.45) is 0 Å². The fourth-order valence-electron chi connectivity index (χ4n) is 3.95. The summed E-state index contributed by atoms with van der Waals surface area (Å²) in [6.45, 7) is 0. The molecule has 5 rings (SSSR count). The Hall–Kier alpha value is -2.98. The summed E-state index contributed by atoms with van der Waals surface area (Å²) >= 11 is 0. The first-order valence-electron chi connectivity index (χ1n) is 11.3. The molecule has 0 spiro atoms. The van der Waals surface area contributed by atoms with Crippen molar-refractivity contribution in [3.63, 3.8) is 0 Å². The smallest absolute Gasteiger partial charge is 0.135 e. The summed E-state index contributed by atoms with van der Waals surface area (Å²) in [6.07, 6.45) is 9.23. The summed E-state index contributed by atoms with van der Waals surface area (Å²) < 4.78 is 6.68. The number of benzene rings is 4. The molecule has 0 radical (unpaired) electrons. The van der Waals surface area contributed by atoms with Gasteiger partial charge in [0, 0.05) is 10.6 Å². The Balaban J connectivity index is 1.53. The maximum Gasteiger partial charge on any atom is 0.135 e. The van der Waals surface area contributed by atoms with E-state index in [0.29, 0.717) is 8.58 Å². The van der Waals surface area contributed by atoms with Gasteiger partial charge < -0.3 is 4.74 Å². The van der Waals surface area contributed by atoms with Crippen LogP contribution in [0.1, 0.15) is 12.8 Å². The SMILES string of the molecule is C1=CC(P(c2ccccc2)c2ccccc2Oc2ccccc2Pc2ccccc2)=CCC1. The monoisotopic (exact) mass is 464 g/mol. The second-order valence-corrected chi connectivity index (χ2v) is 11.4. The highest BCUT2D eigenvalue weighted by Crippen LogP contribution is 2.47. The molecule has 1 nitrogen and oxygen atoms in total. The molecule has 1 aliphatic rings. The Kier molecular flexibility index (Phi) is 7.12. The molecule has 0 aliphatic heterocycles. The van der Waals surface area contributed by atoms with Crippen LogP contribution in [0.4, 0.5) is 0 Å². The first-order valence-corrected chi connectivity index (χ1v) is 13.6. The molecule has 0 bridgehead atoms. The van der Waals surface area contributed by atoms with E-state index < -0.39 is 7.92 Å². The minimum absolute atomic E-state index is 0.554. The lowest BCUT2D eigenvalue weighted by molar-refractivity contribution is 0.491. The molecule has 0 heterocycles. The average molecular weight is 464 g/mol. The topological polar surface area (TPSA) is 9.23 Å². The number of hydrogen-bond donors (Lipinski definition) is 0. The van der Waals surface area contributed by atoms with Crippen LogP contribution in [0.3, 0.4) is 0 Å². The van der Waals surface area contributed by atoms with Crippen molar-refractivity contribution in [1.29, 1.82) is 0 Å². The van der Waals surface area contributed by atoms with Crippen molar-refractivity contribution in [3.05, 3.63) is 133 Å². The van der Waals surface area contributed by atoms with Gasteiger partial charge in [0.15, 0.2) is 0 Å². The van der Waals surface area contributed by atoms with Crippen LogP contribution in [0.2, 0.25) is 0 Å². The van der Waals surface area contributed by atoms with Crippen LogP contribution in [0.25, 0.3) is 0 Å². The summed E-state index contributed by atoms with van der Waals surface area (Å²) in [5.74, 6) is 1.88. The predicted molar refractivity (Wildman–Crippen MR) is 146 cm³/mol. The summed E-state index contributed by atoms with van der Waals surface area (Å²) in [6, 6.07) is 38.4. The maximum absolute atomic E-state index is 6.68. The zero-order valence-electron chi connectivity index (χ0n) is 18.4. The molecule has 0 fully saturated rings. The van der Waals surface area contributed by atoms with Gasteiger partial charge in [-0.1, -0.05) is 124 Å². The molecule has 2 atom stereocenters. The van der Waals surface area contributed by atoms with Crippen LogP contribution >= 0.6 is 16.5 Å². The van der Waals surface area contributed by atoms with Gasteiger partial charge in [-0.25, -0.2) is 0 Å². The number of allylic oxidation sites excluding steroid dienone is 4. The third-order valence-electron chi connectivity index (χ3n) is 5.51. The largest absolute Gasteiger partial charge is 0.456 e. The van der Waals surface area contributed by atoms with Gasteiger partial charge in [0.25, 0.3) is 0 Å². The molecule has 1 aliphatic carbocycles. The maximum atomic E-state index is 6.68. The quantitative estimate of drug-likeness (QED) is 0.274. The Bertz CT molecular complexity index is 1260. The van der Waals surface area contributed by atoms with Gasteiger partial charge in [0.1, 0.15) is 11.5 Å². The summed E-state index contributed by atoms with van der Waals surface area (Å²) in [7, 11) is -0.139. The first kappa shape index (κ1) is 21.8. The second kappa shape index (κ2) is 10.8. The molecule has 0 aromatic heterocycles. The van der Waals surface area contributed by atoms with Crippen LogP contribution in [0, 0.1) is 0 Å². The van der Waals surface area contributed by atoms with Gasteiger partial charge in [-0.2, -0.15) is 0 Å². The van der Waals surface area contributed by atoms with Crippen LogP contribution < -0.4 is 26.0 Å². The highest BCUT2D eigenvalue weighted by atomic mass is 31.1. The van der Waals surface area contributed by atoms with Gasteiger partial charge in [0.2, 0.25) is 0 Å². The van der Waals surface area contributed by atoms with E-state index in [-0.39, 0.29) is 0 Å². The average Bonchev–Trinajstić information content (AvgIpc) is 2.88. The molecular weight excluding hydrogens is 438 g/mol. The van der Waals surface area contributed by atoms with Crippen LogP contribution in [0.5, 0.6) is 11.5 Å². The third-order valence-corrected chi connectivity index (χ3v) is 9.33. The molecule has 2 unspecified atom stereocenters. The molecule has 3 heteroatoms. The summed E-state index contributed by atoms with van der Waals surface area (Å²) in [5.41, 5.74) is 0. The van der Waals surface area contributed by atoms with Gasteiger partial charge in [0.05, 0.1) is 0 Å². The third kappa shape index (κ3) is 5.33. The highest BCUT2D eigenvalue weighted by Gasteiger charge is 2.22. The van der Waals surface area contributed by atoms with Crippen LogP contribution in [-0.2, 0) is 0 Å². The Labute approximate surface area is 199 Å². The lowest BCUT2D eigenvalue weighted by Crippen LogP contribution is -2.16.